The predicted octanol–water partition coefficient (Wildman–Crippen LogP) is 4.33. The van der Waals surface area contributed by atoms with Crippen LogP contribution in [0, 0.1) is 23.1 Å². The zero-order chi connectivity index (χ0) is 13.9. The fourth-order valence-corrected chi connectivity index (χ4v) is 2.40. The van der Waals surface area contributed by atoms with Gasteiger partial charge in [0.1, 0.15) is 6.07 Å². The summed E-state index contributed by atoms with van der Waals surface area (Å²) in [5.74, 6) is 0.194. The third kappa shape index (κ3) is 3.23. The van der Waals surface area contributed by atoms with Gasteiger partial charge in [-0.25, -0.2) is 4.39 Å². The second-order valence-electron chi connectivity index (χ2n) is 4.96. The van der Waals surface area contributed by atoms with Crippen LogP contribution in [0.25, 0.3) is 0 Å². The van der Waals surface area contributed by atoms with Crippen LogP contribution in [-0.2, 0) is 0 Å². The van der Waals surface area contributed by atoms with Gasteiger partial charge >= 0.3 is 0 Å². The first kappa shape index (κ1) is 15.0. The summed E-state index contributed by atoms with van der Waals surface area (Å²) in [6.45, 7) is 6.37. The minimum atomic E-state index is -0.368. The number of halogens is 2. The number of anilines is 1. The quantitative estimate of drug-likeness (QED) is 0.827. The smallest absolute Gasteiger partial charge is 0.161 e. The van der Waals surface area contributed by atoms with Gasteiger partial charge in [0, 0.05) is 13.1 Å². The van der Waals surface area contributed by atoms with E-state index in [-0.39, 0.29) is 16.3 Å². The first-order chi connectivity index (χ1) is 8.38. The summed E-state index contributed by atoms with van der Waals surface area (Å²) in [6.07, 6.45) is 0.994. The average Bonchev–Trinajstić information content (AvgIpc) is 2.31. The molecule has 4 heteroatoms. The molecule has 0 spiro atoms. The Morgan fingerprint density at radius 2 is 2.00 bits per heavy atom. The van der Waals surface area contributed by atoms with E-state index in [4.69, 9.17) is 5.26 Å². The van der Waals surface area contributed by atoms with Crippen LogP contribution in [-0.4, -0.2) is 13.1 Å². The van der Waals surface area contributed by atoms with Gasteiger partial charge in [-0.1, -0.05) is 13.8 Å². The molecule has 1 aromatic rings. The van der Waals surface area contributed by atoms with E-state index in [1.807, 2.05) is 18.0 Å². The molecule has 0 saturated heterocycles. The Morgan fingerprint density at radius 1 is 1.39 bits per heavy atom. The second kappa shape index (κ2) is 6.19. The molecule has 1 unspecified atom stereocenters. The van der Waals surface area contributed by atoms with E-state index >= 15 is 0 Å². The van der Waals surface area contributed by atoms with Gasteiger partial charge in [0.15, 0.2) is 5.82 Å². The first-order valence-corrected chi connectivity index (χ1v) is 6.78. The van der Waals surface area contributed by atoms with Crippen LogP contribution in [0.4, 0.5) is 10.1 Å². The Hall–Kier alpha value is -1.08. The number of nitrogens with zero attached hydrogens (tertiary/aromatic N) is 2. The van der Waals surface area contributed by atoms with Crippen molar-refractivity contribution >= 4 is 21.6 Å². The monoisotopic (exact) mass is 312 g/mol. The molecule has 0 N–H and O–H groups in total. The van der Waals surface area contributed by atoms with Crippen LogP contribution in [0.3, 0.4) is 0 Å². The van der Waals surface area contributed by atoms with Crippen molar-refractivity contribution in [2.24, 2.45) is 5.92 Å². The molecule has 0 heterocycles. The molecule has 0 aliphatic heterocycles. The molecule has 1 aromatic carbocycles. The van der Waals surface area contributed by atoms with Crippen LogP contribution in [0.5, 0.6) is 0 Å². The van der Waals surface area contributed by atoms with Crippen molar-refractivity contribution < 1.29 is 4.39 Å². The third-order valence-electron chi connectivity index (χ3n) is 3.04. The van der Waals surface area contributed by atoms with Gasteiger partial charge in [-0.15, -0.1) is 0 Å². The number of hydrogen-bond donors (Lipinski definition) is 0. The lowest BCUT2D eigenvalue weighted by atomic mass is 10.0. The maximum Gasteiger partial charge on any atom is 0.161 e. The van der Waals surface area contributed by atoms with Crippen molar-refractivity contribution in [3.05, 3.63) is 28.0 Å². The first-order valence-electron chi connectivity index (χ1n) is 5.99. The van der Waals surface area contributed by atoms with Crippen LogP contribution in [0.15, 0.2) is 16.6 Å². The molecule has 98 valence electrons. The van der Waals surface area contributed by atoms with Crippen molar-refractivity contribution in [3.63, 3.8) is 0 Å². The Labute approximate surface area is 117 Å². The third-order valence-corrected chi connectivity index (χ3v) is 3.81. The Bertz CT molecular complexity index is 466. The van der Waals surface area contributed by atoms with Gasteiger partial charge in [-0.05, 0) is 47.3 Å². The van der Waals surface area contributed by atoms with Crippen molar-refractivity contribution in [2.75, 3.05) is 11.9 Å². The molecule has 0 aliphatic rings. The van der Waals surface area contributed by atoms with E-state index in [1.54, 1.807) is 12.1 Å². The lowest BCUT2D eigenvalue weighted by Crippen LogP contribution is -2.30. The SMILES string of the molecule is CC(C)CC(C)N(C)c1ccc(C#N)c(Br)c1F. The highest BCUT2D eigenvalue weighted by Crippen LogP contribution is 2.30. The largest absolute Gasteiger partial charge is 0.369 e. The Kier molecular flexibility index (Phi) is 5.15. The number of rotatable bonds is 4. The van der Waals surface area contributed by atoms with Gasteiger partial charge in [-0.2, -0.15) is 5.26 Å². The van der Waals surface area contributed by atoms with Crippen LogP contribution >= 0.6 is 15.9 Å². The summed E-state index contributed by atoms with van der Waals surface area (Å²) in [6, 6.07) is 5.51. The molecule has 0 aliphatic carbocycles. The fourth-order valence-electron chi connectivity index (χ4n) is 1.98. The molecule has 0 saturated carbocycles. The summed E-state index contributed by atoms with van der Waals surface area (Å²) in [5, 5.41) is 8.84. The predicted molar refractivity (Wildman–Crippen MR) is 76.1 cm³/mol. The fraction of sp³-hybridized carbons (Fsp3) is 0.500. The molecule has 0 bridgehead atoms. The number of hydrogen-bond acceptors (Lipinski definition) is 2. The van der Waals surface area contributed by atoms with Crippen molar-refractivity contribution in [3.8, 4) is 6.07 Å². The summed E-state index contributed by atoms with van der Waals surface area (Å²) in [7, 11) is 1.88. The van der Waals surface area contributed by atoms with Gasteiger partial charge in [0.25, 0.3) is 0 Å². The van der Waals surface area contributed by atoms with Crippen LogP contribution in [0.1, 0.15) is 32.8 Å². The summed E-state index contributed by atoms with van der Waals surface area (Å²) in [5.41, 5.74) is 0.843. The minimum Gasteiger partial charge on any atom is -0.369 e. The lowest BCUT2D eigenvalue weighted by Gasteiger charge is -2.29. The number of nitriles is 1. The zero-order valence-electron chi connectivity index (χ0n) is 11.2. The lowest BCUT2D eigenvalue weighted by molar-refractivity contribution is 0.497. The zero-order valence-corrected chi connectivity index (χ0v) is 12.8. The topological polar surface area (TPSA) is 27.0 Å². The van der Waals surface area contributed by atoms with E-state index in [9.17, 15) is 4.39 Å². The number of benzene rings is 1. The molecular weight excluding hydrogens is 295 g/mol. The van der Waals surface area contributed by atoms with E-state index in [0.717, 1.165) is 6.42 Å². The van der Waals surface area contributed by atoms with Gasteiger partial charge in [-0.3, -0.25) is 0 Å². The standard InChI is InChI=1S/C14H18BrFN2/c1-9(2)7-10(3)18(4)12-6-5-11(8-17)13(15)14(12)16/h5-6,9-10H,7H2,1-4H3. The highest BCUT2D eigenvalue weighted by molar-refractivity contribution is 9.10. The highest BCUT2D eigenvalue weighted by Gasteiger charge is 2.18. The normalized spacial score (nSPS) is 12.3. The maximum atomic E-state index is 14.2. The molecule has 18 heavy (non-hydrogen) atoms. The van der Waals surface area contributed by atoms with Gasteiger partial charge < -0.3 is 4.90 Å². The molecule has 0 fully saturated rings. The maximum absolute atomic E-state index is 14.2. The molecule has 1 atom stereocenters. The molecule has 2 nitrogen and oxygen atoms in total. The molecular formula is C14H18BrFN2. The summed E-state index contributed by atoms with van der Waals surface area (Å²) >= 11 is 3.14. The minimum absolute atomic E-state index is 0.242. The van der Waals surface area contributed by atoms with Crippen LogP contribution < -0.4 is 4.90 Å². The van der Waals surface area contributed by atoms with E-state index < -0.39 is 0 Å². The molecule has 0 radical (unpaired) electrons. The molecule has 1 rings (SSSR count). The van der Waals surface area contributed by atoms with Crippen molar-refractivity contribution in [1.82, 2.24) is 0 Å². The Morgan fingerprint density at radius 3 is 2.50 bits per heavy atom. The van der Waals surface area contributed by atoms with Crippen LogP contribution in [0.2, 0.25) is 0 Å². The molecule has 0 aromatic heterocycles. The highest BCUT2D eigenvalue weighted by atomic mass is 79.9. The summed E-state index contributed by atoms with van der Waals surface area (Å²) < 4.78 is 14.4. The van der Waals surface area contributed by atoms with Crippen molar-refractivity contribution in [1.29, 1.82) is 5.26 Å². The summed E-state index contributed by atoms with van der Waals surface area (Å²) in [4.78, 5) is 1.92. The molecule has 0 amide bonds. The van der Waals surface area contributed by atoms with Crippen molar-refractivity contribution in [2.45, 2.75) is 33.2 Å². The Balaban J connectivity index is 3.04. The van der Waals surface area contributed by atoms with E-state index in [0.29, 0.717) is 17.2 Å². The van der Waals surface area contributed by atoms with Gasteiger partial charge in [0.2, 0.25) is 0 Å². The van der Waals surface area contributed by atoms with E-state index in [2.05, 4.69) is 36.7 Å². The average molecular weight is 313 g/mol. The van der Waals surface area contributed by atoms with E-state index in [1.165, 1.54) is 0 Å². The van der Waals surface area contributed by atoms with Gasteiger partial charge in [0.05, 0.1) is 15.7 Å². The second-order valence-corrected chi connectivity index (χ2v) is 5.75.